The summed E-state index contributed by atoms with van der Waals surface area (Å²) in [5.74, 6) is -0.109. The summed E-state index contributed by atoms with van der Waals surface area (Å²) in [7, 11) is 1.66. The largest absolute Gasteiger partial charge is 0.383 e. The quantitative estimate of drug-likeness (QED) is 0.644. The Balaban J connectivity index is 1.79. The third-order valence-electron chi connectivity index (χ3n) is 2.91. The average Bonchev–Trinajstić information content (AvgIpc) is 3.11. The van der Waals surface area contributed by atoms with Crippen LogP contribution in [0.4, 0.5) is 0 Å². The second-order valence-electron chi connectivity index (χ2n) is 4.55. The number of nitrogens with one attached hydrogen (secondary N) is 3. The lowest BCUT2D eigenvalue weighted by Gasteiger charge is -2.05. The van der Waals surface area contributed by atoms with Crippen molar-refractivity contribution in [2.75, 3.05) is 33.4 Å². The number of hydrogen-bond donors (Lipinski definition) is 3. The number of hydrogen-bond acceptors (Lipinski definition) is 5. The highest BCUT2D eigenvalue weighted by atomic mass is 32.1. The van der Waals surface area contributed by atoms with E-state index in [0.29, 0.717) is 25.4 Å². The van der Waals surface area contributed by atoms with Crippen molar-refractivity contribution in [2.45, 2.75) is 6.92 Å². The summed E-state index contributed by atoms with van der Waals surface area (Å²) < 4.78 is 4.93. The minimum atomic E-state index is -0.109. The number of thiazole rings is 1. The maximum absolute atomic E-state index is 12.0. The molecule has 0 atom stereocenters. The van der Waals surface area contributed by atoms with Crippen molar-refractivity contribution in [3.63, 3.8) is 0 Å². The topological polar surface area (TPSA) is 79.0 Å². The number of methoxy groups -OCH3 is 1. The van der Waals surface area contributed by atoms with Crippen molar-refractivity contribution in [1.29, 1.82) is 0 Å². The van der Waals surface area contributed by atoms with Gasteiger partial charge in [-0.1, -0.05) is 0 Å². The van der Waals surface area contributed by atoms with Crippen LogP contribution >= 0.6 is 11.3 Å². The van der Waals surface area contributed by atoms with Crippen molar-refractivity contribution in [3.05, 3.63) is 28.3 Å². The van der Waals surface area contributed by atoms with E-state index in [4.69, 9.17) is 4.74 Å². The van der Waals surface area contributed by atoms with E-state index >= 15 is 0 Å². The molecule has 0 unspecified atom stereocenters. The van der Waals surface area contributed by atoms with Gasteiger partial charge in [0.25, 0.3) is 5.91 Å². The predicted octanol–water partition coefficient (Wildman–Crippen LogP) is 1.41. The van der Waals surface area contributed by atoms with Crippen molar-refractivity contribution in [1.82, 2.24) is 20.6 Å². The fourth-order valence-corrected chi connectivity index (χ4v) is 2.45. The smallest absolute Gasteiger partial charge is 0.267 e. The highest BCUT2D eigenvalue weighted by Gasteiger charge is 2.10. The Morgan fingerprint density at radius 3 is 3.00 bits per heavy atom. The first-order valence-corrected chi connectivity index (χ1v) is 7.67. The van der Waals surface area contributed by atoms with Gasteiger partial charge >= 0.3 is 0 Å². The maximum atomic E-state index is 12.0. The summed E-state index contributed by atoms with van der Waals surface area (Å²) in [6.45, 7) is 4.70. The molecule has 0 radical (unpaired) electrons. The van der Waals surface area contributed by atoms with Crippen LogP contribution in [-0.2, 0) is 4.74 Å². The van der Waals surface area contributed by atoms with Gasteiger partial charge in [0.2, 0.25) is 0 Å². The number of ether oxygens (including phenoxy) is 1. The number of aryl methyl sites for hydroxylation is 1. The molecule has 0 aliphatic heterocycles. The van der Waals surface area contributed by atoms with Gasteiger partial charge in [-0.15, -0.1) is 11.3 Å². The number of aromatic amines is 1. The van der Waals surface area contributed by atoms with Gasteiger partial charge in [-0.05, 0) is 13.0 Å². The molecule has 0 spiro atoms. The van der Waals surface area contributed by atoms with Gasteiger partial charge in [-0.3, -0.25) is 4.79 Å². The van der Waals surface area contributed by atoms with Crippen LogP contribution in [0, 0.1) is 6.92 Å². The molecule has 2 aromatic heterocycles. The van der Waals surface area contributed by atoms with Crippen LogP contribution in [0.2, 0.25) is 0 Å². The van der Waals surface area contributed by atoms with Gasteiger partial charge in [-0.2, -0.15) is 0 Å². The minimum absolute atomic E-state index is 0.109. The first-order valence-electron chi connectivity index (χ1n) is 6.79. The number of aromatic nitrogens is 2. The van der Waals surface area contributed by atoms with E-state index in [1.165, 1.54) is 0 Å². The van der Waals surface area contributed by atoms with E-state index in [2.05, 4.69) is 20.6 Å². The van der Waals surface area contributed by atoms with E-state index in [1.54, 1.807) is 24.6 Å². The monoisotopic (exact) mass is 308 g/mol. The predicted molar refractivity (Wildman–Crippen MR) is 83.7 cm³/mol. The van der Waals surface area contributed by atoms with Crippen molar-refractivity contribution < 1.29 is 9.53 Å². The second kappa shape index (κ2) is 7.92. The van der Waals surface area contributed by atoms with E-state index in [1.807, 2.05) is 18.4 Å². The summed E-state index contributed by atoms with van der Waals surface area (Å²) in [6, 6.07) is 1.82. The molecule has 1 amide bonds. The summed E-state index contributed by atoms with van der Waals surface area (Å²) in [6.07, 6.45) is 1.81. The Bertz CT molecular complexity index is 579. The number of rotatable bonds is 8. The van der Waals surface area contributed by atoms with Gasteiger partial charge in [-0.25, -0.2) is 4.98 Å². The average molecular weight is 308 g/mol. The molecule has 0 fully saturated rings. The van der Waals surface area contributed by atoms with Crippen molar-refractivity contribution >= 4 is 17.2 Å². The maximum Gasteiger partial charge on any atom is 0.267 e. The summed E-state index contributed by atoms with van der Waals surface area (Å²) in [4.78, 5) is 19.4. The lowest BCUT2D eigenvalue weighted by molar-refractivity contribution is 0.0949. The van der Waals surface area contributed by atoms with E-state index < -0.39 is 0 Å². The summed E-state index contributed by atoms with van der Waals surface area (Å²) >= 11 is 1.60. The molecule has 0 bridgehead atoms. The van der Waals surface area contributed by atoms with Gasteiger partial charge in [0.05, 0.1) is 17.3 Å². The zero-order valence-electron chi connectivity index (χ0n) is 12.2. The molecule has 2 heterocycles. The molecule has 21 heavy (non-hydrogen) atoms. The molecule has 6 nitrogen and oxygen atoms in total. The third-order valence-corrected chi connectivity index (χ3v) is 3.69. The van der Waals surface area contributed by atoms with Gasteiger partial charge in [0, 0.05) is 43.9 Å². The molecule has 2 aromatic rings. The van der Waals surface area contributed by atoms with Crippen molar-refractivity contribution in [2.24, 2.45) is 0 Å². The molecule has 0 aliphatic carbocycles. The molecular formula is C14H20N4O2S. The van der Waals surface area contributed by atoms with Gasteiger partial charge in [0.1, 0.15) is 5.69 Å². The summed E-state index contributed by atoms with van der Waals surface area (Å²) in [5, 5.41) is 9.02. The summed E-state index contributed by atoms with van der Waals surface area (Å²) in [5.41, 5.74) is 2.38. The van der Waals surface area contributed by atoms with Crippen LogP contribution in [0.15, 0.2) is 17.6 Å². The Morgan fingerprint density at radius 2 is 2.29 bits per heavy atom. The molecule has 0 aliphatic rings. The van der Waals surface area contributed by atoms with Crippen LogP contribution in [0.25, 0.3) is 11.3 Å². The van der Waals surface area contributed by atoms with Crippen LogP contribution in [0.1, 0.15) is 15.5 Å². The van der Waals surface area contributed by atoms with E-state index in [9.17, 15) is 4.79 Å². The zero-order valence-corrected chi connectivity index (χ0v) is 13.0. The lowest BCUT2D eigenvalue weighted by Crippen LogP contribution is -2.33. The molecule has 0 saturated carbocycles. The Kier molecular flexibility index (Phi) is 5.91. The molecule has 2 rings (SSSR count). The number of amides is 1. The first kappa shape index (κ1) is 15.7. The Hall–Kier alpha value is -1.70. The standard InChI is InChI=1S/C14H20N4O2S/c1-10-18-13(9-21-10)11-7-12(17-8-11)14(19)16-4-3-15-5-6-20-2/h7-9,15,17H,3-6H2,1-2H3,(H,16,19). The number of carbonyl (C=O) groups is 1. The molecular weight excluding hydrogens is 288 g/mol. The highest BCUT2D eigenvalue weighted by Crippen LogP contribution is 2.22. The van der Waals surface area contributed by atoms with E-state index in [0.717, 1.165) is 22.8 Å². The van der Waals surface area contributed by atoms with Crippen LogP contribution in [0.3, 0.4) is 0 Å². The number of H-pyrrole nitrogens is 1. The van der Waals surface area contributed by atoms with Gasteiger partial charge in [0.15, 0.2) is 0 Å². The zero-order chi connectivity index (χ0) is 15.1. The minimum Gasteiger partial charge on any atom is -0.383 e. The fourth-order valence-electron chi connectivity index (χ4n) is 1.83. The number of carbonyl (C=O) groups excluding carboxylic acids is 1. The number of nitrogens with zero attached hydrogens (tertiary/aromatic N) is 1. The Morgan fingerprint density at radius 1 is 1.43 bits per heavy atom. The van der Waals surface area contributed by atoms with Crippen LogP contribution in [0.5, 0.6) is 0 Å². The molecule has 3 N–H and O–H groups in total. The fraction of sp³-hybridized carbons (Fsp3) is 0.429. The molecule has 114 valence electrons. The molecule has 7 heteroatoms. The van der Waals surface area contributed by atoms with E-state index in [-0.39, 0.29) is 5.91 Å². The Labute approximate surface area is 127 Å². The van der Waals surface area contributed by atoms with Crippen molar-refractivity contribution in [3.8, 4) is 11.3 Å². The third kappa shape index (κ3) is 4.66. The normalized spacial score (nSPS) is 10.8. The lowest BCUT2D eigenvalue weighted by atomic mass is 10.2. The first-order chi connectivity index (χ1) is 10.2. The molecule has 0 aromatic carbocycles. The second-order valence-corrected chi connectivity index (χ2v) is 5.61. The SMILES string of the molecule is COCCNCCNC(=O)c1cc(-c2csc(C)n2)c[nH]1. The molecule has 0 saturated heterocycles. The van der Waals surface area contributed by atoms with Crippen LogP contribution < -0.4 is 10.6 Å². The highest BCUT2D eigenvalue weighted by molar-refractivity contribution is 7.09. The van der Waals surface area contributed by atoms with Gasteiger partial charge < -0.3 is 20.4 Å². The van der Waals surface area contributed by atoms with Crippen LogP contribution in [-0.4, -0.2) is 49.2 Å².